The van der Waals surface area contributed by atoms with E-state index in [2.05, 4.69) is 60.2 Å². The molecule has 1 aliphatic heterocycles. The number of benzene rings is 1. The van der Waals surface area contributed by atoms with E-state index in [-0.39, 0.29) is 6.03 Å². The van der Waals surface area contributed by atoms with Crippen LogP contribution in [0.2, 0.25) is 0 Å². The van der Waals surface area contributed by atoms with Crippen molar-refractivity contribution in [2.75, 3.05) is 55.6 Å². The first-order valence-corrected chi connectivity index (χ1v) is 9.82. The molecule has 1 N–H and O–H groups in total. The number of anilines is 2. The maximum atomic E-state index is 12.2. The molecule has 2 amide bonds. The molecular weight excluding hydrogens is 312 g/mol. The van der Waals surface area contributed by atoms with Gasteiger partial charge in [-0.25, -0.2) is 4.79 Å². The van der Waals surface area contributed by atoms with Gasteiger partial charge in [0.25, 0.3) is 0 Å². The van der Waals surface area contributed by atoms with Crippen LogP contribution < -0.4 is 15.1 Å². The zero-order chi connectivity index (χ0) is 18.1. The van der Waals surface area contributed by atoms with Crippen LogP contribution in [0.1, 0.15) is 40.0 Å². The first-order chi connectivity index (χ1) is 12.2. The van der Waals surface area contributed by atoms with E-state index in [0.29, 0.717) is 0 Å². The number of rotatable bonds is 8. The monoisotopic (exact) mass is 346 g/mol. The highest BCUT2D eigenvalue weighted by Gasteiger charge is 2.21. The topological polar surface area (TPSA) is 38.8 Å². The van der Waals surface area contributed by atoms with E-state index in [4.69, 9.17) is 0 Å². The molecule has 1 aromatic carbocycles. The van der Waals surface area contributed by atoms with Crippen LogP contribution in [0, 0.1) is 0 Å². The maximum Gasteiger partial charge on any atom is 0.317 e. The molecule has 5 heteroatoms. The summed E-state index contributed by atoms with van der Waals surface area (Å²) in [6.45, 7) is 12.8. The third-order valence-corrected chi connectivity index (χ3v) is 4.97. The lowest BCUT2D eigenvalue weighted by atomic mass is 10.2. The molecule has 0 aliphatic carbocycles. The van der Waals surface area contributed by atoms with Gasteiger partial charge >= 0.3 is 6.03 Å². The van der Waals surface area contributed by atoms with Crippen molar-refractivity contribution in [1.82, 2.24) is 10.2 Å². The van der Waals surface area contributed by atoms with E-state index in [9.17, 15) is 4.79 Å². The molecule has 1 heterocycles. The lowest BCUT2D eigenvalue weighted by molar-refractivity contribution is 0.194. The molecule has 0 saturated carbocycles. The molecule has 1 saturated heterocycles. The van der Waals surface area contributed by atoms with Gasteiger partial charge in [-0.2, -0.15) is 0 Å². The molecule has 140 valence electrons. The van der Waals surface area contributed by atoms with Gasteiger partial charge in [-0.15, -0.1) is 0 Å². The quantitative estimate of drug-likeness (QED) is 0.732. The predicted molar refractivity (Wildman–Crippen MR) is 107 cm³/mol. The smallest absolute Gasteiger partial charge is 0.317 e. The number of carbonyl (C=O) groups excluding carboxylic acids is 1. The van der Waals surface area contributed by atoms with Crippen LogP contribution in [0.3, 0.4) is 0 Å². The summed E-state index contributed by atoms with van der Waals surface area (Å²) in [6, 6.07) is 8.90. The summed E-state index contributed by atoms with van der Waals surface area (Å²) in [5, 5.41) is 3.04. The second-order valence-corrected chi connectivity index (χ2v) is 6.60. The molecule has 0 spiro atoms. The molecule has 2 rings (SSSR count). The largest absolute Gasteiger partial charge is 0.372 e. The highest BCUT2D eigenvalue weighted by atomic mass is 16.2. The highest BCUT2D eigenvalue weighted by molar-refractivity contribution is 5.74. The number of amides is 2. The van der Waals surface area contributed by atoms with Crippen LogP contribution in [-0.2, 0) is 0 Å². The van der Waals surface area contributed by atoms with Gasteiger partial charge in [0.15, 0.2) is 0 Å². The molecule has 0 atom stereocenters. The van der Waals surface area contributed by atoms with Gasteiger partial charge in [-0.1, -0.05) is 19.8 Å². The number of urea groups is 1. The van der Waals surface area contributed by atoms with E-state index < -0.39 is 0 Å². The Balaban J connectivity index is 1.80. The maximum absolute atomic E-state index is 12.2. The third kappa shape index (κ3) is 5.55. The first kappa shape index (κ1) is 19.4. The van der Waals surface area contributed by atoms with Gasteiger partial charge in [0.05, 0.1) is 0 Å². The molecule has 0 aromatic heterocycles. The summed E-state index contributed by atoms with van der Waals surface area (Å²) in [5.74, 6) is 0. The van der Waals surface area contributed by atoms with Gasteiger partial charge in [-0.05, 0) is 44.5 Å². The average molecular weight is 347 g/mol. The van der Waals surface area contributed by atoms with Crippen molar-refractivity contribution >= 4 is 17.4 Å². The first-order valence-electron chi connectivity index (χ1n) is 9.82. The number of hydrogen-bond donors (Lipinski definition) is 1. The number of carbonyl (C=O) groups is 1. The summed E-state index contributed by atoms with van der Waals surface area (Å²) in [6.07, 6.45) is 3.43. The summed E-state index contributed by atoms with van der Waals surface area (Å²) in [5.41, 5.74) is 2.53. The fraction of sp³-hybridized carbons (Fsp3) is 0.650. The minimum atomic E-state index is 0.0904. The Hall–Kier alpha value is -1.91. The SMILES string of the molecule is CCCCCNC(=O)N1CCN(c2ccc(N(CC)CC)cc2)CC1. The average Bonchev–Trinajstić information content (AvgIpc) is 2.67. The number of unbranched alkanes of at least 4 members (excludes halogenated alkanes) is 2. The zero-order valence-corrected chi connectivity index (χ0v) is 16.1. The normalized spacial score (nSPS) is 14.5. The van der Waals surface area contributed by atoms with Crippen LogP contribution >= 0.6 is 0 Å². The van der Waals surface area contributed by atoms with Crippen molar-refractivity contribution in [1.29, 1.82) is 0 Å². The second kappa shape index (κ2) is 10.2. The number of nitrogens with zero attached hydrogens (tertiary/aromatic N) is 3. The van der Waals surface area contributed by atoms with E-state index in [1.54, 1.807) is 0 Å². The minimum absolute atomic E-state index is 0.0904. The molecule has 1 fully saturated rings. The second-order valence-electron chi connectivity index (χ2n) is 6.60. The van der Waals surface area contributed by atoms with Crippen LogP contribution in [-0.4, -0.2) is 56.7 Å². The molecule has 0 bridgehead atoms. The van der Waals surface area contributed by atoms with Crippen molar-refractivity contribution in [2.24, 2.45) is 0 Å². The lowest BCUT2D eigenvalue weighted by Crippen LogP contribution is -2.52. The van der Waals surface area contributed by atoms with Gasteiger partial charge in [0.2, 0.25) is 0 Å². The lowest BCUT2D eigenvalue weighted by Gasteiger charge is -2.36. The van der Waals surface area contributed by atoms with Crippen molar-refractivity contribution in [3.05, 3.63) is 24.3 Å². The Morgan fingerprint density at radius 1 is 1.00 bits per heavy atom. The van der Waals surface area contributed by atoms with Crippen LogP contribution in [0.15, 0.2) is 24.3 Å². The molecule has 5 nitrogen and oxygen atoms in total. The Labute approximate surface area is 153 Å². The highest BCUT2D eigenvalue weighted by Crippen LogP contribution is 2.21. The van der Waals surface area contributed by atoms with E-state index in [1.807, 2.05) is 4.90 Å². The fourth-order valence-corrected chi connectivity index (χ4v) is 3.31. The molecule has 0 radical (unpaired) electrons. The molecule has 1 aromatic rings. The van der Waals surface area contributed by atoms with Gasteiger partial charge < -0.3 is 20.0 Å². The molecule has 25 heavy (non-hydrogen) atoms. The van der Waals surface area contributed by atoms with Crippen molar-refractivity contribution in [2.45, 2.75) is 40.0 Å². The van der Waals surface area contributed by atoms with Gasteiger partial charge in [0.1, 0.15) is 0 Å². The number of piperazine rings is 1. The zero-order valence-electron chi connectivity index (χ0n) is 16.1. The van der Waals surface area contributed by atoms with Crippen molar-refractivity contribution < 1.29 is 4.79 Å². The van der Waals surface area contributed by atoms with Crippen LogP contribution in [0.4, 0.5) is 16.2 Å². The summed E-state index contributed by atoms with van der Waals surface area (Å²) in [7, 11) is 0. The Bertz CT molecular complexity index is 505. The van der Waals surface area contributed by atoms with Crippen molar-refractivity contribution in [3.63, 3.8) is 0 Å². The van der Waals surface area contributed by atoms with Gasteiger partial charge in [0, 0.05) is 57.2 Å². The van der Waals surface area contributed by atoms with Crippen molar-refractivity contribution in [3.8, 4) is 0 Å². The standard InChI is InChI=1S/C20H34N4O/c1-4-7-8-13-21-20(25)24-16-14-23(15-17-24)19-11-9-18(10-12-19)22(5-2)6-3/h9-12H,4-8,13-17H2,1-3H3,(H,21,25). The summed E-state index contributed by atoms with van der Waals surface area (Å²) in [4.78, 5) is 18.8. The molecule has 1 aliphatic rings. The van der Waals surface area contributed by atoms with E-state index in [1.165, 1.54) is 24.2 Å². The molecule has 0 unspecified atom stereocenters. The Morgan fingerprint density at radius 3 is 2.20 bits per heavy atom. The summed E-state index contributed by atoms with van der Waals surface area (Å²) < 4.78 is 0. The number of hydrogen-bond acceptors (Lipinski definition) is 3. The van der Waals surface area contributed by atoms with Crippen LogP contribution in [0.5, 0.6) is 0 Å². The number of nitrogens with one attached hydrogen (secondary N) is 1. The molecular formula is C20H34N4O. The van der Waals surface area contributed by atoms with E-state index in [0.717, 1.165) is 52.2 Å². The van der Waals surface area contributed by atoms with Crippen LogP contribution in [0.25, 0.3) is 0 Å². The third-order valence-electron chi connectivity index (χ3n) is 4.97. The van der Waals surface area contributed by atoms with E-state index >= 15 is 0 Å². The summed E-state index contributed by atoms with van der Waals surface area (Å²) >= 11 is 0. The predicted octanol–water partition coefficient (Wildman–Crippen LogP) is 3.55. The Kier molecular flexibility index (Phi) is 7.89. The Morgan fingerprint density at radius 2 is 1.64 bits per heavy atom. The van der Waals surface area contributed by atoms with Gasteiger partial charge in [-0.3, -0.25) is 0 Å². The fourth-order valence-electron chi connectivity index (χ4n) is 3.31. The minimum Gasteiger partial charge on any atom is -0.372 e.